The van der Waals surface area contributed by atoms with Crippen LogP contribution in [-0.4, -0.2) is 99.3 Å². The van der Waals surface area contributed by atoms with Crippen molar-refractivity contribution < 1.29 is 23.9 Å². The molecule has 2 saturated heterocycles. The van der Waals surface area contributed by atoms with E-state index in [0.29, 0.717) is 51.1 Å². The number of ether oxygens (including phenoxy) is 2. The number of benzene rings is 2. The smallest absolute Gasteiger partial charge is 0.410 e. The van der Waals surface area contributed by atoms with E-state index >= 15 is 0 Å². The topological polar surface area (TPSA) is 111 Å². The third-order valence-electron chi connectivity index (χ3n) is 9.78. The highest BCUT2D eigenvalue weighted by Crippen LogP contribution is 2.34. The third-order valence-corrected chi connectivity index (χ3v) is 9.78. The first-order valence-corrected chi connectivity index (χ1v) is 18.0. The molecule has 0 bridgehead atoms. The Labute approximate surface area is 295 Å². The van der Waals surface area contributed by atoms with Gasteiger partial charge in [-0.2, -0.15) is 5.10 Å². The van der Waals surface area contributed by atoms with Crippen molar-refractivity contribution in [2.45, 2.75) is 91.0 Å². The Morgan fingerprint density at radius 1 is 0.940 bits per heavy atom. The van der Waals surface area contributed by atoms with E-state index < -0.39 is 11.2 Å². The number of rotatable bonds is 9. The first kappa shape index (κ1) is 35.3. The Morgan fingerprint density at radius 2 is 1.68 bits per heavy atom. The molecule has 2 aromatic carbocycles. The van der Waals surface area contributed by atoms with Gasteiger partial charge in [-0.15, -0.1) is 0 Å². The van der Waals surface area contributed by atoms with Gasteiger partial charge >= 0.3 is 6.09 Å². The Morgan fingerprint density at radius 3 is 2.34 bits per heavy atom. The highest BCUT2D eigenvalue weighted by molar-refractivity contribution is 5.85. The number of aromatic nitrogens is 2. The number of H-pyrrole nitrogens is 1. The average molecular weight is 685 g/mol. The van der Waals surface area contributed by atoms with Crippen LogP contribution in [0.3, 0.4) is 0 Å². The second-order valence-electron chi connectivity index (χ2n) is 15.5. The fourth-order valence-corrected chi connectivity index (χ4v) is 7.05. The zero-order chi connectivity index (χ0) is 35.6. The highest BCUT2D eigenvalue weighted by Gasteiger charge is 2.39. The van der Waals surface area contributed by atoms with Gasteiger partial charge in [0.25, 0.3) is 5.91 Å². The van der Waals surface area contributed by atoms with Crippen molar-refractivity contribution in [3.05, 3.63) is 66.0 Å². The molecule has 0 radical (unpaired) electrons. The van der Waals surface area contributed by atoms with Crippen LogP contribution >= 0.6 is 0 Å². The maximum absolute atomic E-state index is 14.1. The molecule has 1 atom stereocenters. The second kappa shape index (κ2) is 14.4. The van der Waals surface area contributed by atoms with Crippen molar-refractivity contribution in [1.29, 1.82) is 0 Å². The number of aromatic amines is 1. The maximum atomic E-state index is 14.1. The number of anilines is 1. The van der Waals surface area contributed by atoms with Gasteiger partial charge in [0.2, 0.25) is 5.91 Å². The molecular weight excluding hydrogens is 632 g/mol. The molecule has 0 spiro atoms. The maximum Gasteiger partial charge on any atom is 0.410 e. The molecular formula is C39H52N6O5. The summed E-state index contributed by atoms with van der Waals surface area (Å²) in [4.78, 5) is 48.0. The molecule has 0 unspecified atom stereocenters. The summed E-state index contributed by atoms with van der Waals surface area (Å²) < 4.78 is 11.8. The molecule has 3 aromatic rings. The fraction of sp³-hybridized carbons (Fsp3) is 0.538. The largest absolute Gasteiger partial charge is 0.478 e. The van der Waals surface area contributed by atoms with E-state index in [1.54, 1.807) is 23.6 Å². The number of aryl methyl sites for hydroxylation is 1. The number of piperazine rings is 1. The van der Waals surface area contributed by atoms with Crippen LogP contribution in [0.4, 0.5) is 10.5 Å². The van der Waals surface area contributed by atoms with Crippen molar-refractivity contribution >= 4 is 23.6 Å². The van der Waals surface area contributed by atoms with Crippen LogP contribution < -0.4 is 9.64 Å². The minimum Gasteiger partial charge on any atom is -0.478 e. The van der Waals surface area contributed by atoms with Crippen molar-refractivity contribution in [1.82, 2.24) is 24.9 Å². The number of amides is 3. The summed E-state index contributed by atoms with van der Waals surface area (Å²) in [5.74, 6) is 0.634. The van der Waals surface area contributed by atoms with Crippen molar-refractivity contribution in [2.75, 3.05) is 44.2 Å². The molecule has 1 aliphatic carbocycles. The Hall–Kier alpha value is -4.54. The number of nitrogens with one attached hydrogen (secondary N) is 1. The molecule has 50 heavy (non-hydrogen) atoms. The van der Waals surface area contributed by atoms with E-state index in [9.17, 15) is 14.4 Å². The van der Waals surface area contributed by atoms with Gasteiger partial charge in [-0.25, -0.2) is 4.79 Å². The summed E-state index contributed by atoms with van der Waals surface area (Å²) in [7, 11) is 0. The van der Waals surface area contributed by atoms with Crippen LogP contribution in [0.25, 0.3) is 11.1 Å². The van der Waals surface area contributed by atoms with Gasteiger partial charge in [-0.1, -0.05) is 24.3 Å². The number of piperidine rings is 1. The average Bonchev–Trinajstić information content (AvgIpc) is 3.78. The highest BCUT2D eigenvalue weighted by atomic mass is 16.6. The van der Waals surface area contributed by atoms with Gasteiger partial charge in [-0.3, -0.25) is 14.7 Å². The molecule has 11 nitrogen and oxygen atoms in total. The van der Waals surface area contributed by atoms with E-state index in [1.165, 1.54) is 5.56 Å². The van der Waals surface area contributed by atoms with E-state index in [2.05, 4.69) is 45.1 Å². The lowest BCUT2D eigenvalue weighted by Crippen LogP contribution is -2.57. The molecule has 1 aromatic heterocycles. The molecule has 3 aliphatic rings. The van der Waals surface area contributed by atoms with E-state index in [-0.39, 0.29) is 23.8 Å². The SMILES string of the molecule is Cc1cc(CN(C(=O)[C@@H]2CCCN(c3cccc(OC(C)(C)C(=O)N4CCN(C(=O)OC(C)(C)C)CC4)c3)C2)C2CC2)ccc1-c1cn[nH]c1. The third kappa shape index (κ3) is 8.42. The normalized spacial score (nSPS) is 18.5. The van der Waals surface area contributed by atoms with Crippen LogP contribution in [0.1, 0.15) is 71.4 Å². The lowest BCUT2D eigenvalue weighted by molar-refractivity contribution is -0.147. The van der Waals surface area contributed by atoms with Gasteiger partial charge < -0.3 is 29.1 Å². The standard InChI is InChI=1S/C39H52N6O5/c1-27-21-28(12-15-34(27)30-23-40-41-24-30)25-45(31-13-14-31)35(46)29-9-8-16-44(26-29)32-10-7-11-33(22-32)49-39(5,6)36(47)42-17-19-43(20-18-42)37(48)50-38(2,3)4/h7,10-12,15,21-24,29,31H,8-9,13-14,16-20,25-26H2,1-6H3,(H,40,41)/t29-/m1/s1. The van der Waals surface area contributed by atoms with E-state index in [0.717, 1.165) is 54.6 Å². The molecule has 6 rings (SSSR count). The molecule has 2 aliphatic heterocycles. The van der Waals surface area contributed by atoms with Crippen molar-refractivity contribution in [3.8, 4) is 16.9 Å². The van der Waals surface area contributed by atoms with Gasteiger partial charge in [0.15, 0.2) is 5.60 Å². The van der Waals surface area contributed by atoms with Gasteiger partial charge in [-0.05, 0) is 96.0 Å². The minimum absolute atomic E-state index is 0.0856. The number of nitrogens with zero attached hydrogens (tertiary/aromatic N) is 5. The van der Waals surface area contributed by atoms with Crippen LogP contribution in [0, 0.1) is 12.8 Å². The molecule has 11 heteroatoms. The van der Waals surface area contributed by atoms with Crippen LogP contribution in [-0.2, 0) is 20.9 Å². The monoisotopic (exact) mass is 684 g/mol. The fourth-order valence-electron chi connectivity index (χ4n) is 7.05. The lowest BCUT2D eigenvalue weighted by Gasteiger charge is -2.39. The van der Waals surface area contributed by atoms with Crippen LogP contribution in [0.5, 0.6) is 5.75 Å². The summed E-state index contributed by atoms with van der Waals surface area (Å²) in [6.07, 6.45) is 7.29. The van der Waals surface area contributed by atoms with Crippen LogP contribution in [0.2, 0.25) is 0 Å². The number of hydrogen-bond donors (Lipinski definition) is 1. The predicted molar refractivity (Wildman–Crippen MR) is 193 cm³/mol. The molecule has 3 amide bonds. The number of carbonyl (C=O) groups excluding carboxylic acids is 3. The number of carbonyl (C=O) groups is 3. The summed E-state index contributed by atoms with van der Waals surface area (Å²) in [5, 5.41) is 6.97. The summed E-state index contributed by atoms with van der Waals surface area (Å²) in [5.41, 5.74) is 3.84. The molecule has 1 saturated carbocycles. The number of hydrogen-bond acceptors (Lipinski definition) is 7. The Balaban J connectivity index is 1.06. The van der Waals surface area contributed by atoms with Gasteiger partial charge in [0, 0.05) is 75.4 Å². The predicted octanol–water partition coefficient (Wildman–Crippen LogP) is 6.03. The zero-order valence-electron chi connectivity index (χ0n) is 30.4. The summed E-state index contributed by atoms with van der Waals surface area (Å²) in [6, 6.07) is 14.6. The van der Waals surface area contributed by atoms with E-state index in [4.69, 9.17) is 9.47 Å². The van der Waals surface area contributed by atoms with Crippen LogP contribution in [0.15, 0.2) is 54.9 Å². The summed E-state index contributed by atoms with van der Waals surface area (Å²) >= 11 is 0. The first-order chi connectivity index (χ1) is 23.8. The van der Waals surface area contributed by atoms with Crippen molar-refractivity contribution in [2.24, 2.45) is 5.92 Å². The summed E-state index contributed by atoms with van der Waals surface area (Å²) in [6.45, 7) is 15.0. The molecule has 268 valence electrons. The Bertz CT molecular complexity index is 1670. The lowest BCUT2D eigenvalue weighted by atomic mass is 9.95. The minimum atomic E-state index is -1.10. The molecule has 1 N–H and O–H groups in total. The second-order valence-corrected chi connectivity index (χ2v) is 15.5. The van der Waals surface area contributed by atoms with Gasteiger partial charge in [0.1, 0.15) is 11.4 Å². The molecule has 3 heterocycles. The van der Waals surface area contributed by atoms with Gasteiger partial charge in [0.05, 0.1) is 12.1 Å². The zero-order valence-corrected chi connectivity index (χ0v) is 30.4. The quantitative estimate of drug-likeness (QED) is 0.293. The Kier molecular flexibility index (Phi) is 10.1. The van der Waals surface area contributed by atoms with Crippen molar-refractivity contribution in [3.63, 3.8) is 0 Å². The first-order valence-electron chi connectivity index (χ1n) is 18.0. The van der Waals surface area contributed by atoms with E-state index in [1.807, 2.05) is 57.4 Å². The molecule has 3 fully saturated rings.